The van der Waals surface area contributed by atoms with E-state index in [4.69, 9.17) is 19.9 Å². The van der Waals surface area contributed by atoms with Crippen LogP contribution >= 0.6 is 0 Å². The van der Waals surface area contributed by atoms with E-state index >= 15 is 0 Å². The molecule has 1 saturated heterocycles. The van der Waals surface area contributed by atoms with Crippen molar-refractivity contribution in [3.63, 3.8) is 0 Å². The standard InChI is InChI=1S/C18H22FN3O6/c1-26-17-15(25)16(14(24)13(7-23)28-17)27-8-9-6-12(22-18(20)21-9)10-4-2-3-5-11(10)19/h2-6,13-17,23-25H,7-8H2,1H3,(H2,20,21,22)/t13-,14+,15-,16+,17-/m1/s1. The van der Waals surface area contributed by atoms with Crippen molar-refractivity contribution in [1.82, 2.24) is 9.97 Å². The molecule has 0 radical (unpaired) electrons. The van der Waals surface area contributed by atoms with E-state index < -0.39 is 43.1 Å². The lowest BCUT2D eigenvalue weighted by atomic mass is 9.99. The highest BCUT2D eigenvalue weighted by Crippen LogP contribution is 2.26. The van der Waals surface area contributed by atoms with Crippen molar-refractivity contribution in [2.75, 3.05) is 19.5 Å². The van der Waals surface area contributed by atoms with Gasteiger partial charge in [0.25, 0.3) is 0 Å². The van der Waals surface area contributed by atoms with Crippen LogP contribution in [0.2, 0.25) is 0 Å². The maximum atomic E-state index is 14.0. The van der Waals surface area contributed by atoms with Gasteiger partial charge in [-0.3, -0.25) is 0 Å². The maximum Gasteiger partial charge on any atom is 0.220 e. The molecule has 1 fully saturated rings. The highest BCUT2D eigenvalue weighted by molar-refractivity contribution is 5.61. The number of anilines is 1. The van der Waals surface area contributed by atoms with E-state index in [0.717, 1.165) is 0 Å². The molecule has 1 aromatic heterocycles. The molecule has 1 aliphatic heterocycles. The monoisotopic (exact) mass is 395 g/mol. The maximum absolute atomic E-state index is 14.0. The zero-order valence-corrected chi connectivity index (χ0v) is 15.1. The summed E-state index contributed by atoms with van der Waals surface area (Å²) < 4.78 is 29.9. The predicted octanol–water partition coefficient (Wildman–Crippen LogP) is -0.165. The number of halogens is 1. The Kier molecular flexibility index (Phi) is 6.50. The van der Waals surface area contributed by atoms with Gasteiger partial charge in [-0.1, -0.05) is 12.1 Å². The Morgan fingerprint density at radius 1 is 1.21 bits per heavy atom. The van der Waals surface area contributed by atoms with Crippen molar-refractivity contribution in [1.29, 1.82) is 0 Å². The second kappa shape index (κ2) is 8.86. The number of nitrogens with zero attached hydrogens (tertiary/aromatic N) is 2. The van der Waals surface area contributed by atoms with Crippen LogP contribution in [-0.4, -0.2) is 69.7 Å². The summed E-state index contributed by atoms with van der Waals surface area (Å²) in [5.74, 6) is -0.535. The van der Waals surface area contributed by atoms with Crippen molar-refractivity contribution >= 4 is 5.95 Å². The Hall–Kier alpha value is -2.21. The first-order valence-corrected chi connectivity index (χ1v) is 8.59. The van der Waals surface area contributed by atoms with Gasteiger partial charge in [0.05, 0.1) is 24.6 Å². The number of benzene rings is 1. The average Bonchev–Trinajstić information content (AvgIpc) is 2.68. The minimum atomic E-state index is -1.30. The van der Waals surface area contributed by atoms with E-state index in [-0.39, 0.29) is 23.8 Å². The van der Waals surface area contributed by atoms with Crippen LogP contribution in [0.4, 0.5) is 10.3 Å². The Morgan fingerprint density at radius 2 is 1.96 bits per heavy atom. The summed E-state index contributed by atoms with van der Waals surface area (Å²) in [5, 5.41) is 29.9. The average molecular weight is 395 g/mol. The van der Waals surface area contributed by atoms with E-state index in [1.165, 1.54) is 19.2 Å². The van der Waals surface area contributed by atoms with Crippen molar-refractivity contribution in [3.05, 3.63) is 41.8 Å². The highest BCUT2D eigenvalue weighted by atomic mass is 19.1. The third-order valence-electron chi connectivity index (χ3n) is 4.42. The summed E-state index contributed by atoms with van der Waals surface area (Å²) in [6, 6.07) is 7.60. The third kappa shape index (κ3) is 4.27. The van der Waals surface area contributed by atoms with E-state index in [1.807, 2.05) is 0 Å². The van der Waals surface area contributed by atoms with Crippen LogP contribution in [0.1, 0.15) is 5.69 Å². The van der Waals surface area contributed by atoms with Gasteiger partial charge in [-0.05, 0) is 18.2 Å². The summed E-state index contributed by atoms with van der Waals surface area (Å²) in [4.78, 5) is 8.09. The molecule has 5 N–H and O–H groups in total. The van der Waals surface area contributed by atoms with Crippen LogP contribution in [0.3, 0.4) is 0 Å². The van der Waals surface area contributed by atoms with Crippen LogP contribution in [0.15, 0.2) is 30.3 Å². The number of nitrogens with two attached hydrogens (primary N) is 1. The lowest BCUT2D eigenvalue weighted by molar-refractivity contribution is -0.303. The lowest BCUT2D eigenvalue weighted by Crippen LogP contribution is -2.59. The van der Waals surface area contributed by atoms with Gasteiger partial charge in [-0.25, -0.2) is 14.4 Å². The molecule has 28 heavy (non-hydrogen) atoms. The SMILES string of the molecule is CO[C@@H]1O[C@H](CO)[C@H](O)[C@H](OCc2cc(-c3ccccc3F)nc(N)n2)[C@H]1O. The second-order valence-corrected chi connectivity index (χ2v) is 6.30. The van der Waals surface area contributed by atoms with Gasteiger partial charge in [0.1, 0.15) is 30.2 Å². The normalized spacial score (nSPS) is 27.7. The fourth-order valence-electron chi connectivity index (χ4n) is 3.03. The molecular weight excluding hydrogens is 373 g/mol. The Balaban J connectivity index is 1.79. The van der Waals surface area contributed by atoms with E-state index in [2.05, 4.69) is 9.97 Å². The fraction of sp³-hybridized carbons (Fsp3) is 0.444. The Morgan fingerprint density at radius 3 is 2.64 bits per heavy atom. The molecule has 9 nitrogen and oxygen atoms in total. The minimum Gasteiger partial charge on any atom is -0.394 e. The number of hydrogen-bond donors (Lipinski definition) is 4. The number of aromatic nitrogens is 2. The number of hydrogen-bond acceptors (Lipinski definition) is 9. The fourth-order valence-corrected chi connectivity index (χ4v) is 3.03. The van der Waals surface area contributed by atoms with E-state index in [0.29, 0.717) is 5.69 Å². The largest absolute Gasteiger partial charge is 0.394 e. The van der Waals surface area contributed by atoms with Gasteiger partial charge in [0, 0.05) is 12.7 Å². The molecule has 2 aromatic rings. The summed E-state index contributed by atoms with van der Waals surface area (Å²) in [7, 11) is 1.32. The predicted molar refractivity (Wildman–Crippen MR) is 95.2 cm³/mol. The van der Waals surface area contributed by atoms with Gasteiger partial charge < -0.3 is 35.3 Å². The van der Waals surface area contributed by atoms with Crippen LogP contribution in [0.5, 0.6) is 0 Å². The summed E-state index contributed by atoms with van der Waals surface area (Å²) in [6.07, 6.45) is -5.76. The van der Waals surface area contributed by atoms with E-state index in [9.17, 15) is 19.7 Å². The molecule has 152 valence electrons. The van der Waals surface area contributed by atoms with Gasteiger partial charge in [-0.15, -0.1) is 0 Å². The molecule has 2 heterocycles. The molecule has 0 aliphatic carbocycles. The lowest BCUT2D eigenvalue weighted by Gasteiger charge is -2.41. The van der Waals surface area contributed by atoms with Gasteiger partial charge in [-0.2, -0.15) is 0 Å². The van der Waals surface area contributed by atoms with Crippen molar-refractivity contribution in [2.45, 2.75) is 37.3 Å². The van der Waals surface area contributed by atoms with Gasteiger partial charge in [0.2, 0.25) is 5.95 Å². The zero-order chi connectivity index (χ0) is 20.3. The van der Waals surface area contributed by atoms with E-state index in [1.54, 1.807) is 18.2 Å². The molecule has 0 bridgehead atoms. The van der Waals surface area contributed by atoms with Crippen LogP contribution in [0.25, 0.3) is 11.3 Å². The third-order valence-corrected chi connectivity index (χ3v) is 4.42. The summed E-state index contributed by atoms with van der Waals surface area (Å²) >= 11 is 0. The smallest absolute Gasteiger partial charge is 0.220 e. The molecule has 0 unspecified atom stereocenters. The topological polar surface area (TPSA) is 140 Å². The molecule has 0 spiro atoms. The number of aliphatic hydroxyl groups excluding tert-OH is 3. The molecule has 3 rings (SSSR count). The molecule has 0 amide bonds. The number of rotatable bonds is 6. The number of nitrogen functional groups attached to an aromatic ring is 1. The van der Waals surface area contributed by atoms with Crippen LogP contribution < -0.4 is 5.73 Å². The van der Waals surface area contributed by atoms with Crippen molar-refractivity contribution < 1.29 is 33.9 Å². The molecule has 1 aromatic carbocycles. The van der Waals surface area contributed by atoms with Gasteiger partial charge in [0.15, 0.2) is 6.29 Å². The highest BCUT2D eigenvalue weighted by Gasteiger charge is 2.45. The molecule has 0 saturated carbocycles. The summed E-state index contributed by atoms with van der Waals surface area (Å²) in [6.45, 7) is -0.632. The van der Waals surface area contributed by atoms with Crippen molar-refractivity contribution in [3.8, 4) is 11.3 Å². The Labute approximate surface area is 160 Å². The second-order valence-electron chi connectivity index (χ2n) is 6.30. The molecule has 1 aliphatic rings. The first-order chi connectivity index (χ1) is 13.4. The zero-order valence-electron chi connectivity index (χ0n) is 15.1. The van der Waals surface area contributed by atoms with Crippen molar-refractivity contribution in [2.24, 2.45) is 0 Å². The summed E-state index contributed by atoms with van der Waals surface area (Å²) in [5.41, 5.74) is 6.58. The number of methoxy groups -OCH3 is 1. The molecule has 10 heteroatoms. The first kappa shape index (κ1) is 20.5. The Bertz CT molecular complexity index is 795. The molecule has 5 atom stereocenters. The van der Waals surface area contributed by atoms with Crippen LogP contribution in [0, 0.1) is 5.82 Å². The quantitative estimate of drug-likeness (QED) is 0.525. The first-order valence-electron chi connectivity index (χ1n) is 8.59. The van der Waals surface area contributed by atoms with Crippen LogP contribution in [-0.2, 0) is 20.8 Å². The molecular formula is C18H22FN3O6. The minimum absolute atomic E-state index is 0.0737. The number of ether oxygens (including phenoxy) is 3. The number of aliphatic hydroxyl groups is 3. The van der Waals surface area contributed by atoms with Gasteiger partial charge >= 0.3 is 0 Å².